The summed E-state index contributed by atoms with van der Waals surface area (Å²) in [6.07, 6.45) is 0. The minimum atomic E-state index is -0.314. The van der Waals surface area contributed by atoms with Gasteiger partial charge in [-0.1, -0.05) is 60.7 Å². The molecule has 0 unspecified atom stereocenters. The normalized spacial score (nSPS) is 14.1. The Bertz CT molecular complexity index is 1290. The van der Waals surface area contributed by atoms with Crippen LogP contribution in [0, 0.1) is 0 Å². The van der Waals surface area contributed by atoms with Crippen LogP contribution in [-0.2, 0) is 9.59 Å². The first-order chi connectivity index (χ1) is 14.7. The first-order valence-electron chi connectivity index (χ1n) is 9.60. The van der Waals surface area contributed by atoms with Crippen molar-refractivity contribution in [3.8, 4) is 0 Å². The number of carbonyl (C=O) groups is 2. The van der Waals surface area contributed by atoms with Crippen molar-refractivity contribution in [2.24, 2.45) is 0 Å². The first-order valence-corrected chi connectivity index (χ1v) is 10.5. The molecule has 0 N–H and O–H groups in total. The van der Waals surface area contributed by atoms with Gasteiger partial charge >= 0.3 is 0 Å². The van der Waals surface area contributed by atoms with E-state index in [0.717, 1.165) is 21.3 Å². The second kappa shape index (κ2) is 7.28. The van der Waals surface area contributed by atoms with Gasteiger partial charge in [-0.05, 0) is 35.0 Å². The standard InChI is InChI=1S/C25H18N2O2S/c1-26(18-11-3-2-4-12-18)23-22(21-15-8-16-30-21)24(28)27(25(23)29)20-14-7-10-17-9-5-6-13-19(17)20/h2-16H,1H3. The van der Waals surface area contributed by atoms with Crippen LogP contribution in [0.4, 0.5) is 11.4 Å². The number of carbonyl (C=O) groups excluding carboxylic acids is 2. The summed E-state index contributed by atoms with van der Waals surface area (Å²) in [6.45, 7) is 0. The molecule has 0 spiro atoms. The predicted molar refractivity (Wildman–Crippen MR) is 123 cm³/mol. The summed E-state index contributed by atoms with van der Waals surface area (Å²) < 4.78 is 0. The zero-order valence-corrected chi connectivity index (χ0v) is 17.1. The Morgan fingerprint density at radius 1 is 0.767 bits per heavy atom. The lowest BCUT2D eigenvalue weighted by Gasteiger charge is -2.22. The molecular formula is C25H18N2O2S. The minimum absolute atomic E-state index is 0.295. The van der Waals surface area contributed by atoms with Gasteiger partial charge in [0.25, 0.3) is 11.8 Å². The lowest BCUT2D eigenvalue weighted by molar-refractivity contribution is -0.120. The number of nitrogens with zero attached hydrogens (tertiary/aromatic N) is 2. The molecule has 1 aromatic heterocycles. The van der Waals surface area contributed by atoms with Crippen LogP contribution >= 0.6 is 11.3 Å². The van der Waals surface area contributed by atoms with Gasteiger partial charge in [-0.2, -0.15) is 0 Å². The van der Waals surface area contributed by atoms with Gasteiger partial charge in [0.2, 0.25) is 0 Å². The summed E-state index contributed by atoms with van der Waals surface area (Å²) in [5.74, 6) is -0.609. The number of hydrogen-bond acceptors (Lipinski definition) is 4. The molecule has 0 aliphatic carbocycles. The third-order valence-electron chi connectivity index (χ3n) is 5.31. The van der Waals surface area contributed by atoms with Gasteiger partial charge in [-0.3, -0.25) is 9.59 Å². The average molecular weight is 410 g/mol. The van der Waals surface area contributed by atoms with Gasteiger partial charge in [0, 0.05) is 23.0 Å². The van der Waals surface area contributed by atoms with Crippen LogP contribution in [0.5, 0.6) is 0 Å². The number of imide groups is 1. The second-order valence-corrected chi connectivity index (χ2v) is 7.99. The molecule has 2 amide bonds. The van der Waals surface area contributed by atoms with Crippen molar-refractivity contribution in [2.75, 3.05) is 16.8 Å². The van der Waals surface area contributed by atoms with Crippen LogP contribution in [0.3, 0.4) is 0 Å². The Morgan fingerprint density at radius 3 is 2.27 bits per heavy atom. The van der Waals surface area contributed by atoms with Crippen molar-refractivity contribution in [1.29, 1.82) is 0 Å². The average Bonchev–Trinajstić information content (AvgIpc) is 3.40. The molecule has 4 nitrogen and oxygen atoms in total. The number of anilines is 2. The van der Waals surface area contributed by atoms with E-state index in [1.54, 1.807) is 4.90 Å². The molecule has 0 fully saturated rings. The fraction of sp³-hybridized carbons (Fsp3) is 0.0400. The maximum absolute atomic E-state index is 13.7. The summed E-state index contributed by atoms with van der Waals surface area (Å²) in [7, 11) is 1.83. The topological polar surface area (TPSA) is 40.6 Å². The molecule has 146 valence electrons. The monoisotopic (exact) mass is 410 g/mol. The van der Waals surface area contributed by atoms with Gasteiger partial charge in [0.15, 0.2) is 0 Å². The summed E-state index contributed by atoms with van der Waals surface area (Å²) >= 11 is 1.46. The van der Waals surface area contributed by atoms with E-state index in [-0.39, 0.29) is 11.8 Å². The number of hydrogen-bond donors (Lipinski definition) is 0. The van der Waals surface area contributed by atoms with E-state index in [1.165, 1.54) is 16.2 Å². The van der Waals surface area contributed by atoms with Crippen molar-refractivity contribution < 1.29 is 9.59 Å². The smallest absolute Gasteiger partial charge is 0.282 e. The molecule has 0 bridgehead atoms. The zero-order valence-electron chi connectivity index (χ0n) is 16.3. The van der Waals surface area contributed by atoms with E-state index < -0.39 is 0 Å². The van der Waals surface area contributed by atoms with Crippen molar-refractivity contribution in [1.82, 2.24) is 0 Å². The second-order valence-electron chi connectivity index (χ2n) is 7.04. The quantitative estimate of drug-likeness (QED) is 0.428. The highest BCUT2D eigenvalue weighted by Gasteiger charge is 2.42. The Balaban J connectivity index is 1.70. The predicted octanol–water partition coefficient (Wildman–Crippen LogP) is 5.32. The number of amides is 2. The highest BCUT2D eigenvalue weighted by atomic mass is 32.1. The molecule has 5 heteroatoms. The van der Waals surface area contributed by atoms with Crippen molar-refractivity contribution in [3.63, 3.8) is 0 Å². The van der Waals surface area contributed by atoms with Crippen LogP contribution in [0.25, 0.3) is 16.3 Å². The Morgan fingerprint density at radius 2 is 1.50 bits per heavy atom. The van der Waals surface area contributed by atoms with E-state index in [1.807, 2.05) is 97.4 Å². The van der Waals surface area contributed by atoms with Crippen molar-refractivity contribution in [2.45, 2.75) is 0 Å². The summed E-state index contributed by atoms with van der Waals surface area (Å²) in [5, 5.41) is 3.77. The fourth-order valence-electron chi connectivity index (χ4n) is 3.88. The third-order valence-corrected chi connectivity index (χ3v) is 6.20. The van der Waals surface area contributed by atoms with Gasteiger partial charge < -0.3 is 4.90 Å². The fourth-order valence-corrected chi connectivity index (χ4v) is 4.64. The Kier molecular flexibility index (Phi) is 4.45. The van der Waals surface area contributed by atoms with E-state index in [2.05, 4.69) is 0 Å². The molecule has 0 atom stereocenters. The van der Waals surface area contributed by atoms with Crippen molar-refractivity contribution >= 4 is 50.9 Å². The number of fused-ring (bicyclic) bond motifs is 1. The molecule has 3 aromatic carbocycles. The van der Waals surface area contributed by atoms with Gasteiger partial charge in [0.05, 0.1) is 11.3 Å². The number of benzene rings is 3. The molecule has 0 saturated heterocycles. The van der Waals surface area contributed by atoms with E-state index in [9.17, 15) is 9.59 Å². The van der Waals surface area contributed by atoms with Crippen LogP contribution in [0.2, 0.25) is 0 Å². The SMILES string of the molecule is CN(C1=C(c2cccs2)C(=O)N(c2cccc3ccccc23)C1=O)c1ccccc1. The van der Waals surface area contributed by atoms with E-state index in [0.29, 0.717) is 17.0 Å². The lowest BCUT2D eigenvalue weighted by atomic mass is 10.1. The summed E-state index contributed by atoms with van der Waals surface area (Å²) in [6, 6.07) is 26.9. The highest BCUT2D eigenvalue weighted by Crippen LogP contribution is 2.39. The van der Waals surface area contributed by atoms with Gasteiger partial charge in [0.1, 0.15) is 5.70 Å². The van der Waals surface area contributed by atoms with E-state index in [4.69, 9.17) is 0 Å². The molecule has 1 aliphatic heterocycles. The molecule has 1 aliphatic rings. The lowest BCUT2D eigenvalue weighted by Crippen LogP contribution is -2.34. The number of para-hydroxylation sites is 1. The van der Waals surface area contributed by atoms with Crippen LogP contribution in [-0.4, -0.2) is 18.9 Å². The van der Waals surface area contributed by atoms with Crippen LogP contribution in [0.15, 0.2) is 96.0 Å². The molecule has 2 heterocycles. The maximum Gasteiger partial charge on any atom is 0.282 e. The largest absolute Gasteiger partial charge is 0.339 e. The molecule has 4 aromatic rings. The minimum Gasteiger partial charge on any atom is -0.339 e. The number of rotatable bonds is 4. The number of likely N-dealkylation sites (N-methyl/N-ethyl adjacent to an activating group) is 1. The van der Waals surface area contributed by atoms with Gasteiger partial charge in [-0.15, -0.1) is 11.3 Å². The Hall–Kier alpha value is -3.70. The molecular weight excluding hydrogens is 392 g/mol. The highest BCUT2D eigenvalue weighted by molar-refractivity contribution is 7.11. The summed E-state index contributed by atoms with van der Waals surface area (Å²) in [5.41, 5.74) is 2.28. The maximum atomic E-state index is 13.7. The third kappa shape index (κ3) is 2.83. The van der Waals surface area contributed by atoms with Crippen LogP contribution in [0.1, 0.15) is 4.88 Å². The van der Waals surface area contributed by atoms with Gasteiger partial charge in [-0.25, -0.2) is 4.90 Å². The molecule has 30 heavy (non-hydrogen) atoms. The summed E-state index contributed by atoms with van der Waals surface area (Å²) in [4.78, 5) is 31.2. The molecule has 0 radical (unpaired) electrons. The molecule has 0 saturated carbocycles. The van der Waals surface area contributed by atoms with Crippen LogP contribution < -0.4 is 9.80 Å². The first kappa shape index (κ1) is 18.3. The zero-order chi connectivity index (χ0) is 20.7. The van der Waals surface area contributed by atoms with Crippen molar-refractivity contribution in [3.05, 3.63) is 101 Å². The molecule has 5 rings (SSSR count). The number of thiophene rings is 1. The van der Waals surface area contributed by atoms with E-state index >= 15 is 0 Å². The Labute approximate surface area is 178 Å².